The van der Waals surface area contributed by atoms with Gasteiger partial charge in [-0.05, 0) is 19.3 Å². The van der Waals surface area contributed by atoms with Crippen molar-refractivity contribution >= 4 is 5.97 Å². The maximum absolute atomic E-state index is 10.2. The topological polar surface area (TPSA) is 77.8 Å². The molecule has 3 N–H and O–H groups in total. The summed E-state index contributed by atoms with van der Waals surface area (Å²) in [6.07, 6.45) is 1.90. The predicted molar refractivity (Wildman–Crippen MR) is 53.0 cm³/mol. The van der Waals surface area contributed by atoms with Crippen molar-refractivity contribution in [3.05, 3.63) is 0 Å². The van der Waals surface area contributed by atoms with Gasteiger partial charge in [0, 0.05) is 6.42 Å². The molecule has 0 amide bonds. The largest absolute Gasteiger partial charge is 0.481 e. The van der Waals surface area contributed by atoms with Crippen molar-refractivity contribution in [2.75, 3.05) is 0 Å². The highest BCUT2D eigenvalue weighted by Gasteiger charge is 2.12. The summed E-state index contributed by atoms with van der Waals surface area (Å²) in [7, 11) is 0. The molecule has 0 aromatic heterocycles. The molecule has 14 heavy (non-hydrogen) atoms. The van der Waals surface area contributed by atoms with Crippen molar-refractivity contribution < 1.29 is 20.1 Å². The van der Waals surface area contributed by atoms with Gasteiger partial charge in [-0.15, -0.1) is 0 Å². The van der Waals surface area contributed by atoms with Gasteiger partial charge in [-0.3, -0.25) is 4.79 Å². The molecule has 2 atom stereocenters. The van der Waals surface area contributed by atoms with Gasteiger partial charge in [0.15, 0.2) is 0 Å². The van der Waals surface area contributed by atoms with E-state index in [0.29, 0.717) is 6.42 Å². The van der Waals surface area contributed by atoms with Crippen LogP contribution in [0.5, 0.6) is 0 Å². The number of rotatable bonds is 8. The lowest BCUT2D eigenvalue weighted by atomic mass is 10.0. The second kappa shape index (κ2) is 7.76. The third-order valence-electron chi connectivity index (χ3n) is 2.13. The van der Waals surface area contributed by atoms with E-state index in [4.69, 9.17) is 5.11 Å². The number of carboxylic acids is 1. The van der Waals surface area contributed by atoms with Gasteiger partial charge in [0.25, 0.3) is 0 Å². The lowest BCUT2D eigenvalue weighted by Crippen LogP contribution is -2.18. The first kappa shape index (κ1) is 13.4. The molecule has 0 aliphatic carbocycles. The maximum Gasteiger partial charge on any atom is 0.303 e. The summed E-state index contributed by atoms with van der Waals surface area (Å²) < 4.78 is 0. The van der Waals surface area contributed by atoms with Crippen LogP contribution in [0, 0.1) is 0 Å². The van der Waals surface area contributed by atoms with Crippen LogP contribution in [0.25, 0.3) is 0 Å². The van der Waals surface area contributed by atoms with Crippen LogP contribution in [0.2, 0.25) is 0 Å². The highest BCUT2D eigenvalue weighted by atomic mass is 16.4. The number of carbonyl (C=O) groups is 1. The zero-order chi connectivity index (χ0) is 11.0. The Labute approximate surface area is 84.6 Å². The van der Waals surface area contributed by atoms with Crippen LogP contribution in [0.4, 0.5) is 0 Å². The van der Waals surface area contributed by atoms with Gasteiger partial charge in [-0.2, -0.15) is 0 Å². The maximum atomic E-state index is 10.2. The fourth-order valence-electron chi connectivity index (χ4n) is 1.28. The Kier molecular flexibility index (Phi) is 7.42. The van der Waals surface area contributed by atoms with E-state index < -0.39 is 18.2 Å². The van der Waals surface area contributed by atoms with E-state index in [2.05, 4.69) is 0 Å². The van der Waals surface area contributed by atoms with Gasteiger partial charge >= 0.3 is 5.97 Å². The average molecular weight is 204 g/mol. The van der Waals surface area contributed by atoms with E-state index in [1.54, 1.807) is 0 Å². The molecule has 84 valence electrons. The van der Waals surface area contributed by atoms with Gasteiger partial charge in [0.05, 0.1) is 12.2 Å². The molecule has 4 heteroatoms. The van der Waals surface area contributed by atoms with E-state index >= 15 is 0 Å². The molecule has 0 fully saturated rings. The van der Waals surface area contributed by atoms with Crippen molar-refractivity contribution in [3.8, 4) is 0 Å². The molecule has 0 radical (unpaired) electrons. The Morgan fingerprint density at radius 3 is 2.29 bits per heavy atom. The summed E-state index contributed by atoms with van der Waals surface area (Å²) >= 11 is 0. The minimum atomic E-state index is -0.910. The van der Waals surface area contributed by atoms with Gasteiger partial charge < -0.3 is 15.3 Å². The predicted octanol–water partition coefficient (Wildman–Crippen LogP) is 1.15. The zero-order valence-corrected chi connectivity index (χ0v) is 8.65. The number of aliphatic carboxylic acids is 1. The average Bonchev–Trinajstić information content (AvgIpc) is 2.11. The van der Waals surface area contributed by atoms with Gasteiger partial charge in [-0.25, -0.2) is 0 Å². The normalized spacial score (nSPS) is 15.1. The second-order valence-electron chi connectivity index (χ2n) is 3.62. The van der Waals surface area contributed by atoms with Crippen molar-refractivity contribution in [1.82, 2.24) is 0 Å². The minimum absolute atomic E-state index is 0.0400. The monoisotopic (exact) mass is 204 g/mol. The third-order valence-corrected chi connectivity index (χ3v) is 2.13. The van der Waals surface area contributed by atoms with E-state index in [-0.39, 0.29) is 19.3 Å². The Morgan fingerprint density at radius 1 is 1.21 bits per heavy atom. The Balaban J connectivity index is 3.49. The number of carboxylic acid groups (broad SMARTS) is 1. The molecule has 4 nitrogen and oxygen atoms in total. The Hall–Kier alpha value is -0.610. The summed E-state index contributed by atoms with van der Waals surface area (Å²) in [5.74, 6) is -0.910. The first-order valence-corrected chi connectivity index (χ1v) is 5.14. The molecular formula is C10H20O4. The SMILES string of the molecule is CCCCC(O)CC(O)CCC(=O)O. The van der Waals surface area contributed by atoms with Crippen molar-refractivity contribution in [1.29, 1.82) is 0 Å². The fraction of sp³-hybridized carbons (Fsp3) is 0.900. The number of aliphatic hydroxyl groups excluding tert-OH is 2. The Morgan fingerprint density at radius 2 is 1.79 bits per heavy atom. The smallest absolute Gasteiger partial charge is 0.303 e. The van der Waals surface area contributed by atoms with Crippen LogP contribution in [-0.4, -0.2) is 33.5 Å². The van der Waals surface area contributed by atoms with Crippen molar-refractivity contribution in [2.45, 2.75) is 57.7 Å². The lowest BCUT2D eigenvalue weighted by Gasteiger charge is -2.14. The molecule has 0 heterocycles. The summed E-state index contributed by atoms with van der Waals surface area (Å²) in [4.78, 5) is 10.2. The summed E-state index contributed by atoms with van der Waals surface area (Å²) in [5.41, 5.74) is 0. The highest BCUT2D eigenvalue weighted by Crippen LogP contribution is 2.10. The fourth-order valence-corrected chi connectivity index (χ4v) is 1.28. The quantitative estimate of drug-likeness (QED) is 0.554. The first-order chi connectivity index (χ1) is 6.56. The van der Waals surface area contributed by atoms with E-state index in [0.717, 1.165) is 12.8 Å². The van der Waals surface area contributed by atoms with Gasteiger partial charge in [0.2, 0.25) is 0 Å². The van der Waals surface area contributed by atoms with Crippen LogP contribution < -0.4 is 0 Å². The number of hydrogen-bond donors (Lipinski definition) is 3. The molecule has 0 spiro atoms. The minimum Gasteiger partial charge on any atom is -0.481 e. The van der Waals surface area contributed by atoms with E-state index in [9.17, 15) is 15.0 Å². The van der Waals surface area contributed by atoms with Crippen LogP contribution in [0.1, 0.15) is 45.4 Å². The molecule has 0 bridgehead atoms. The molecule has 0 rings (SSSR count). The molecule has 0 saturated heterocycles. The molecule has 0 saturated carbocycles. The summed E-state index contributed by atoms with van der Waals surface area (Å²) in [6.45, 7) is 2.04. The van der Waals surface area contributed by atoms with E-state index in [1.807, 2.05) is 6.92 Å². The third kappa shape index (κ3) is 8.01. The van der Waals surface area contributed by atoms with Gasteiger partial charge in [-0.1, -0.05) is 19.8 Å². The zero-order valence-electron chi connectivity index (χ0n) is 8.65. The molecule has 0 aliphatic rings. The lowest BCUT2D eigenvalue weighted by molar-refractivity contribution is -0.137. The van der Waals surface area contributed by atoms with Crippen molar-refractivity contribution in [3.63, 3.8) is 0 Å². The molecular weight excluding hydrogens is 184 g/mol. The van der Waals surface area contributed by atoms with Gasteiger partial charge in [0.1, 0.15) is 0 Å². The summed E-state index contributed by atoms with van der Waals surface area (Å²) in [6, 6.07) is 0. The van der Waals surface area contributed by atoms with E-state index in [1.165, 1.54) is 0 Å². The van der Waals surface area contributed by atoms with Crippen LogP contribution in [0.3, 0.4) is 0 Å². The summed E-state index contributed by atoms with van der Waals surface area (Å²) in [5, 5.41) is 27.1. The standard InChI is InChI=1S/C10H20O4/c1-2-3-4-8(11)7-9(12)5-6-10(13)14/h8-9,11-12H,2-7H2,1H3,(H,13,14). The molecule has 0 aromatic carbocycles. The van der Waals surface area contributed by atoms with Crippen LogP contribution in [-0.2, 0) is 4.79 Å². The molecule has 0 aliphatic heterocycles. The van der Waals surface area contributed by atoms with Crippen molar-refractivity contribution in [2.24, 2.45) is 0 Å². The number of unbranched alkanes of at least 4 members (excludes halogenated alkanes) is 1. The first-order valence-electron chi connectivity index (χ1n) is 5.14. The second-order valence-corrected chi connectivity index (χ2v) is 3.62. The number of aliphatic hydroxyl groups is 2. The highest BCUT2D eigenvalue weighted by molar-refractivity contribution is 5.66. The molecule has 0 aromatic rings. The Bertz CT molecular complexity index is 158. The molecule has 2 unspecified atom stereocenters. The van der Waals surface area contributed by atoms with Crippen LogP contribution in [0.15, 0.2) is 0 Å². The van der Waals surface area contributed by atoms with Crippen LogP contribution >= 0.6 is 0 Å². The number of hydrogen-bond acceptors (Lipinski definition) is 3.